The predicted molar refractivity (Wildman–Crippen MR) is 108 cm³/mol. The number of halogens is 2. The molecule has 1 aliphatic rings. The highest BCUT2D eigenvalue weighted by molar-refractivity contribution is 5.76. The van der Waals surface area contributed by atoms with Gasteiger partial charge in [-0.15, -0.1) is 0 Å². The SMILES string of the molecule is O=C(CCNc1c(F)cccc1F)N1CCN(C/C=C/c2ccccc2)CC1. The van der Waals surface area contributed by atoms with Crippen LogP contribution in [-0.4, -0.2) is 55.0 Å². The highest BCUT2D eigenvalue weighted by Crippen LogP contribution is 2.17. The van der Waals surface area contributed by atoms with Crippen LogP contribution >= 0.6 is 0 Å². The highest BCUT2D eigenvalue weighted by Gasteiger charge is 2.20. The molecule has 0 bridgehead atoms. The number of carbonyl (C=O) groups excluding carboxylic acids is 1. The molecule has 1 fully saturated rings. The molecule has 0 spiro atoms. The van der Waals surface area contributed by atoms with Gasteiger partial charge in [0.05, 0.1) is 0 Å². The zero-order chi connectivity index (χ0) is 19.8. The number of carbonyl (C=O) groups is 1. The maximum Gasteiger partial charge on any atom is 0.224 e. The van der Waals surface area contributed by atoms with Gasteiger partial charge in [-0.1, -0.05) is 48.6 Å². The molecule has 1 heterocycles. The maximum atomic E-state index is 13.6. The summed E-state index contributed by atoms with van der Waals surface area (Å²) in [4.78, 5) is 16.4. The molecule has 0 atom stereocenters. The Hall–Kier alpha value is -2.73. The standard InChI is InChI=1S/C22H25F2N3O/c23-19-9-4-10-20(24)22(19)25-12-11-21(28)27-16-14-26(15-17-27)13-5-8-18-6-2-1-3-7-18/h1-10,25H,11-17H2/b8-5+. The van der Waals surface area contributed by atoms with Gasteiger partial charge in [-0.3, -0.25) is 9.69 Å². The van der Waals surface area contributed by atoms with Crippen LogP contribution in [0.5, 0.6) is 0 Å². The Morgan fingerprint density at radius 3 is 2.32 bits per heavy atom. The normalized spacial score (nSPS) is 15.1. The van der Waals surface area contributed by atoms with Gasteiger partial charge in [0.2, 0.25) is 5.91 Å². The molecule has 1 aliphatic heterocycles. The Morgan fingerprint density at radius 1 is 0.964 bits per heavy atom. The van der Waals surface area contributed by atoms with Crippen molar-refractivity contribution in [2.24, 2.45) is 0 Å². The molecule has 6 heteroatoms. The van der Waals surface area contributed by atoms with E-state index in [4.69, 9.17) is 0 Å². The monoisotopic (exact) mass is 385 g/mol. The molecule has 0 aliphatic carbocycles. The Balaban J connectivity index is 1.37. The van der Waals surface area contributed by atoms with E-state index in [2.05, 4.69) is 34.5 Å². The lowest BCUT2D eigenvalue weighted by molar-refractivity contribution is -0.132. The fourth-order valence-corrected chi connectivity index (χ4v) is 3.20. The molecule has 1 amide bonds. The van der Waals surface area contributed by atoms with Gasteiger partial charge in [0, 0.05) is 45.7 Å². The van der Waals surface area contributed by atoms with Crippen LogP contribution in [0.1, 0.15) is 12.0 Å². The molecule has 28 heavy (non-hydrogen) atoms. The third kappa shape index (κ3) is 5.63. The molecule has 0 radical (unpaired) electrons. The average Bonchev–Trinajstić information content (AvgIpc) is 2.71. The zero-order valence-corrected chi connectivity index (χ0v) is 15.8. The quantitative estimate of drug-likeness (QED) is 0.791. The lowest BCUT2D eigenvalue weighted by atomic mass is 10.2. The van der Waals surface area contributed by atoms with E-state index in [9.17, 15) is 13.6 Å². The average molecular weight is 385 g/mol. The molecule has 3 rings (SSSR count). The maximum absolute atomic E-state index is 13.6. The van der Waals surface area contributed by atoms with Crippen LogP contribution in [-0.2, 0) is 4.79 Å². The molecule has 1 N–H and O–H groups in total. The summed E-state index contributed by atoms with van der Waals surface area (Å²) >= 11 is 0. The first kappa shape index (κ1) is 20.0. The summed E-state index contributed by atoms with van der Waals surface area (Å²) < 4.78 is 27.1. The van der Waals surface area contributed by atoms with Crippen molar-refractivity contribution in [1.82, 2.24) is 9.80 Å². The van der Waals surface area contributed by atoms with E-state index in [1.165, 1.54) is 23.8 Å². The van der Waals surface area contributed by atoms with Crippen LogP contribution in [0.3, 0.4) is 0 Å². The van der Waals surface area contributed by atoms with E-state index >= 15 is 0 Å². The first-order valence-electron chi connectivity index (χ1n) is 9.53. The Morgan fingerprint density at radius 2 is 1.64 bits per heavy atom. The van der Waals surface area contributed by atoms with Crippen LogP contribution in [0.2, 0.25) is 0 Å². The first-order chi connectivity index (χ1) is 13.6. The summed E-state index contributed by atoms with van der Waals surface area (Å²) in [6.07, 6.45) is 4.45. The molecule has 0 saturated carbocycles. The van der Waals surface area contributed by atoms with E-state index in [1.807, 2.05) is 23.1 Å². The van der Waals surface area contributed by atoms with Crippen molar-refractivity contribution in [3.05, 3.63) is 71.8 Å². The smallest absolute Gasteiger partial charge is 0.224 e. The predicted octanol–water partition coefficient (Wildman–Crippen LogP) is 3.62. The van der Waals surface area contributed by atoms with Crippen molar-refractivity contribution in [2.75, 3.05) is 44.6 Å². The molecular weight excluding hydrogens is 360 g/mol. The van der Waals surface area contributed by atoms with Gasteiger partial charge in [0.1, 0.15) is 17.3 Å². The molecular formula is C22H25F2N3O. The van der Waals surface area contributed by atoms with Gasteiger partial charge in [-0.05, 0) is 17.7 Å². The third-order valence-corrected chi connectivity index (χ3v) is 4.80. The number of amides is 1. The van der Waals surface area contributed by atoms with E-state index in [1.54, 1.807) is 0 Å². The molecule has 1 saturated heterocycles. The summed E-state index contributed by atoms with van der Waals surface area (Å²) in [6, 6.07) is 13.9. The second kappa shape index (κ2) is 9.99. The number of rotatable bonds is 7. The Labute approximate surface area is 164 Å². The van der Waals surface area contributed by atoms with Crippen molar-refractivity contribution in [3.8, 4) is 0 Å². The summed E-state index contributed by atoms with van der Waals surface area (Å²) in [6.45, 7) is 4.04. The topological polar surface area (TPSA) is 35.6 Å². The first-order valence-corrected chi connectivity index (χ1v) is 9.53. The van der Waals surface area contributed by atoms with Gasteiger partial charge in [0.25, 0.3) is 0 Å². The van der Waals surface area contributed by atoms with Gasteiger partial charge in [0.15, 0.2) is 0 Å². The summed E-state index contributed by atoms with van der Waals surface area (Å²) in [7, 11) is 0. The van der Waals surface area contributed by atoms with Crippen LogP contribution in [0.15, 0.2) is 54.6 Å². The van der Waals surface area contributed by atoms with E-state index in [0.717, 1.165) is 19.6 Å². The lowest BCUT2D eigenvalue weighted by Gasteiger charge is -2.34. The number of anilines is 1. The van der Waals surface area contributed by atoms with Crippen LogP contribution in [0.25, 0.3) is 6.08 Å². The van der Waals surface area contributed by atoms with E-state index in [0.29, 0.717) is 13.1 Å². The number of nitrogens with one attached hydrogen (secondary N) is 1. The number of para-hydroxylation sites is 1. The van der Waals surface area contributed by atoms with Crippen molar-refractivity contribution in [3.63, 3.8) is 0 Å². The highest BCUT2D eigenvalue weighted by atomic mass is 19.1. The molecule has 2 aromatic rings. The minimum Gasteiger partial charge on any atom is -0.380 e. The number of piperazine rings is 1. The summed E-state index contributed by atoms with van der Waals surface area (Å²) in [5.74, 6) is -1.29. The molecule has 2 aromatic carbocycles. The molecule has 148 valence electrons. The van der Waals surface area contributed by atoms with Crippen LogP contribution in [0, 0.1) is 11.6 Å². The van der Waals surface area contributed by atoms with Crippen LogP contribution in [0.4, 0.5) is 14.5 Å². The fourth-order valence-electron chi connectivity index (χ4n) is 3.20. The molecule has 0 aromatic heterocycles. The number of hydrogen-bond acceptors (Lipinski definition) is 3. The zero-order valence-electron chi connectivity index (χ0n) is 15.8. The van der Waals surface area contributed by atoms with E-state index < -0.39 is 11.6 Å². The van der Waals surface area contributed by atoms with Crippen molar-refractivity contribution in [2.45, 2.75) is 6.42 Å². The second-order valence-corrected chi connectivity index (χ2v) is 6.77. The van der Waals surface area contributed by atoms with Crippen molar-refractivity contribution >= 4 is 17.7 Å². The van der Waals surface area contributed by atoms with Gasteiger partial charge >= 0.3 is 0 Å². The second-order valence-electron chi connectivity index (χ2n) is 6.77. The minimum atomic E-state index is -0.648. The molecule has 0 unspecified atom stereocenters. The molecule has 4 nitrogen and oxygen atoms in total. The summed E-state index contributed by atoms with van der Waals surface area (Å²) in [5.41, 5.74) is 1.00. The summed E-state index contributed by atoms with van der Waals surface area (Å²) in [5, 5.41) is 2.69. The minimum absolute atomic E-state index is 0.00345. The van der Waals surface area contributed by atoms with Crippen LogP contribution < -0.4 is 5.32 Å². The number of nitrogens with zero attached hydrogens (tertiary/aromatic N) is 2. The van der Waals surface area contributed by atoms with Gasteiger partial charge in [-0.25, -0.2) is 8.78 Å². The van der Waals surface area contributed by atoms with Gasteiger partial charge < -0.3 is 10.2 Å². The number of benzene rings is 2. The Kier molecular flexibility index (Phi) is 7.14. The largest absolute Gasteiger partial charge is 0.380 e. The van der Waals surface area contributed by atoms with Crippen molar-refractivity contribution in [1.29, 1.82) is 0 Å². The third-order valence-electron chi connectivity index (χ3n) is 4.80. The number of hydrogen-bond donors (Lipinski definition) is 1. The fraction of sp³-hybridized carbons (Fsp3) is 0.318. The Bertz CT molecular complexity index is 782. The lowest BCUT2D eigenvalue weighted by Crippen LogP contribution is -2.48. The van der Waals surface area contributed by atoms with E-state index in [-0.39, 0.29) is 24.6 Å². The van der Waals surface area contributed by atoms with Gasteiger partial charge in [-0.2, -0.15) is 0 Å². The van der Waals surface area contributed by atoms with Crippen molar-refractivity contribution < 1.29 is 13.6 Å².